The molecule has 0 aliphatic heterocycles. The molecule has 0 spiro atoms. The molecule has 3 amide bonds. The zero-order valence-electron chi connectivity index (χ0n) is 10.7. The number of rotatable bonds is 5. The third kappa shape index (κ3) is 4.56. The van der Waals surface area contributed by atoms with Crippen LogP contribution in [0.25, 0.3) is 0 Å². The molecule has 20 heavy (non-hydrogen) atoms. The number of nitrogens with one attached hydrogen (secondary N) is 3. The Morgan fingerprint density at radius 1 is 1.30 bits per heavy atom. The van der Waals surface area contributed by atoms with Crippen LogP contribution in [-0.4, -0.2) is 36.6 Å². The van der Waals surface area contributed by atoms with Crippen molar-refractivity contribution in [3.05, 3.63) is 29.6 Å². The van der Waals surface area contributed by atoms with Crippen LogP contribution in [0.4, 0.5) is 14.9 Å². The highest BCUT2D eigenvalue weighted by Gasteiger charge is 2.10. The summed E-state index contributed by atoms with van der Waals surface area (Å²) in [7, 11) is 1.47. The first-order chi connectivity index (χ1) is 9.43. The van der Waals surface area contributed by atoms with Crippen LogP contribution in [0.1, 0.15) is 16.8 Å². The summed E-state index contributed by atoms with van der Waals surface area (Å²) in [6.07, 6.45) is 0.102. The van der Waals surface area contributed by atoms with Crippen molar-refractivity contribution >= 4 is 23.6 Å². The summed E-state index contributed by atoms with van der Waals surface area (Å²) in [6.45, 7) is 0.0976. The highest BCUT2D eigenvalue weighted by atomic mass is 19.1. The van der Waals surface area contributed by atoms with Crippen LogP contribution < -0.4 is 16.0 Å². The van der Waals surface area contributed by atoms with Gasteiger partial charge in [0.15, 0.2) is 0 Å². The minimum Gasteiger partial charge on any atom is -0.478 e. The maximum Gasteiger partial charge on any atom is 0.335 e. The average molecular weight is 283 g/mol. The van der Waals surface area contributed by atoms with Crippen molar-refractivity contribution in [3.8, 4) is 0 Å². The van der Waals surface area contributed by atoms with Crippen LogP contribution in [0.15, 0.2) is 18.2 Å². The van der Waals surface area contributed by atoms with Crippen LogP contribution in [-0.2, 0) is 4.79 Å². The minimum atomic E-state index is -1.26. The van der Waals surface area contributed by atoms with Gasteiger partial charge in [0.2, 0.25) is 5.91 Å². The van der Waals surface area contributed by atoms with E-state index >= 15 is 0 Å². The molecular weight excluding hydrogens is 269 g/mol. The molecule has 1 rings (SSSR count). The van der Waals surface area contributed by atoms with Gasteiger partial charge in [0.05, 0.1) is 11.3 Å². The Morgan fingerprint density at radius 3 is 2.55 bits per heavy atom. The van der Waals surface area contributed by atoms with Gasteiger partial charge in [0.25, 0.3) is 0 Å². The molecule has 7 nitrogen and oxygen atoms in total. The Hall–Kier alpha value is -2.64. The first kappa shape index (κ1) is 15.4. The molecule has 0 radical (unpaired) electrons. The molecule has 8 heteroatoms. The van der Waals surface area contributed by atoms with E-state index in [-0.39, 0.29) is 30.1 Å². The van der Waals surface area contributed by atoms with Crippen molar-refractivity contribution in [1.82, 2.24) is 10.6 Å². The lowest BCUT2D eigenvalue weighted by Crippen LogP contribution is -2.32. The van der Waals surface area contributed by atoms with E-state index in [9.17, 15) is 18.8 Å². The van der Waals surface area contributed by atoms with Gasteiger partial charge in [-0.25, -0.2) is 14.0 Å². The summed E-state index contributed by atoms with van der Waals surface area (Å²) in [5, 5.41) is 15.6. The second-order valence-electron chi connectivity index (χ2n) is 3.80. The van der Waals surface area contributed by atoms with E-state index in [1.165, 1.54) is 13.1 Å². The fourth-order valence-electron chi connectivity index (χ4n) is 1.33. The molecule has 0 atom stereocenters. The van der Waals surface area contributed by atoms with E-state index in [4.69, 9.17) is 5.11 Å². The Kier molecular flexibility index (Phi) is 5.45. The number of benzene rings is 1. The number of carboxylic acid groups (broad SMARTS) is 1. The van der Waals surface area contributed by atoms with Gasteiger partial charge in [-0.15, -0.1) is 0 Å². The fourth-order valence-corrected chi connectivity index (χ4v) is 1.33. The first-order valence-electron chi connectivity index (χ1n) is 5.72. The SMILES string of the molecule is CNC(=O)CCNC(=O)Nc1ccc(C(=O)O)cc1F. The van der Waals surface area contributed by atoms with E-state index in [2.05, 4.69) is 16.0 Å². The Balaban J connectivity index is 2.54. The lowest BCUT2D eigenvalue weighted by Gasteiger charge is -2.08. The maximum atomic E-state index is 13.5. The summed E-state index contributed by atoms with van der Waals surface area (Å²) < 4.78 is 13.5. The van der Waals surface area contributed by atoms with Crippen molar-refractivity contribution in [2.75, 3.05) is 18.9 Å². The molecule has 0 aliphatic rings. The minimum absolute atomic E-state index is 0.0976. The number of carboxylic acids is 1. The topological polar surface area (TPSA) is 108 Å². The van der Waals surface area contributed by atoms with Crippen LogP contribution in [0.5, 0.6) is 0 Å². The molecule has 0 aliphatic carbocycles. The molecular formula is C12H14FN3O4. The third-order valence-electron chi connectivity index (χ3n) is 2.38. The van der Waals surface area contributed by atoms with E-state index in [0.717, 1.165) is 12.1 Å². The zero-order chi connectivity index (χ0) is 15.1. The van der Waals surface area contributed by atoms with Gasteiger partial charge >= 0.3 is 12.0 Å². The number of carbonyl (C=O) groups excluding carboxylic acids is 2. The van der Waals surface area contributed by atoms with Gasteiger partial charge in [-0.2, -0.15) is 0 Å². The average Bonchev–Trinajstić information content (AvgIpc) is 2.40. The summed E-state index contributed by atoms with van der Waals surface area (Å²) in [6, 6.07) is 2.45. The zero-order valence-corrected chi connectivity index (χ0v) is 10.7. The van der Waals surface area contributed by atoms with Gasteiger partial charge in [-0.05, 0) is 18.2 Å². The molecule has 1 aromatic rings. The van der Waals surface area contributed by atoms with E-state index < -0.39 is 17.8 Å². The highest BCUT2D eigenvalue weighted by molar-refractivity contribution is 5.92. The molecule has 108 valence electrons. The van der Waals surface area contributed by atoms with E-state index in [1.54, 1.807) is 0 Å². The van der Waals surface area contributed by atoms with Gasteiger partial charge in [-0.3, -0.25) is 4.79 Å². The molecule has 1 aromatic carbocycles. The van der Waals surface area contributed by atoms with Crippen molar-refractivity contribution in [2.24, 2.45) is 0 Å². The molecule has 0 fully saturated rings. The van der Waals surface area contributed by atoms with Crippen LogP contribution in [0.3, 0.4) is 0 Å². The number of carbonyl (C=O) groups is 3. The number of anilines is 1. The monoisotopic (exact) mass is 283 g/mol. The number of hydrogen-bond donors (Lipinski definition) is 4. The van der Waals surface area contributed by atoms with Crippen molar-refractivity contribution in [1.29, 1.82) is 0 Å². The van der Waals surface area contributed by atoms with Crippen LogP contribution in [0, 0.1) is 5.82 Å². The van der Waals surface area contributed by atoms with Crippen molar-refractivity contribution in [2.45, 2.75) is 6.42 Å². The van der Waals surface area contributed by atoms with Crippen LogP contribution >= 0.6 is 0 Å². The molecule has 0 heterocycles. The molecule has 4 N–H and O–H groups in total. The molecule has 0 saturated heterocycles. The Labute approximate surface area is 114 Å². The second kappa shape index (κ2) is 7.07. The Bertz CT molecular complexity index is 533. The smallest absolute Gasteiger partial charge is 0.335 e. The number of hydrogen-bond acceptors (Lipinski definition) is 3. The summed E-state index contributed by atoms with van der Waals surface area (Å²) >= 11 is 0. The van der Waals surface area contributed by atoms with Crippen molar-refractivity contribution < 1.29 is 23.9 Å². The highest BCUT2D eigenvalue weighted by Crippen LogP contribution is 2.15. The first-order valence-corrected chi connectivity index (χ1v) is 5.72. The predicted octanol–water partition coefficient (Wildman–Crippen LogP) is 0.781. The number of aromatic carboxylic acids is 1. The Morgan fingerprint density at radius 2 is 2.00 bits per heavy atom. The van der Waals surface area contributed by atoms with Crippen molar-refractivity contribution in [3.63, 3.8) is 0 Å². The molecule has 0 bridgehead atoms. The number of amides is 3. The normalized spacial score (nSPS) is 9.70. The summed E-state index contributed by atoms with van der Waals surface area (Å²) in [5.74, 6) is -2.35. The standard InChI is InChI=1S/C12H14FN3O4/c1-14-10(17)4-5-15-12(20)16-9-3-2-7(11(18)19)6-8(9)13/h2-3,6H,4-5H2,1H3,(H,14,17)(H,18,19)(H2,15,16,20). The van der Waals surface area contributed by atoms with Gasteiger partial charge in [-0.1, -0.05) is 0 Å². The largest absolute Gasteiger partial charge is 0.478 e. The number of halogens is 1. The van der Waals surface area contributed by atoms with E-state index in [0.29, 0.717) is 0 Å². The summed E-state index contributed by atoms with van der Waals surface area (Å²) in [5.41, 5.74) is -0.361. The molecule has 0 aromatic heterocycles. The summed E-state index contributed by atoms with van der Waals surface area (Å²) in [4.78, 5) is 32.9. The second-order valence-corrected chi connectivity index (χ2v) is 3.80. The van der Waals surface area contributed by atoms with Crippen LogP contribution in [0.2, 0.25) is 0 Å². The van der Waals surface area contributed by atoms with Gasteiger partial charge in [0.1, 0.15) is 5.82 Å². The lowest BCUT2D eigenvalue weighted by molar-refractivity contribution is -0.120. The lowest BCUT2D eigenvalue weighted by atomic mass is 10.2. The van der Waals surface area contributed by atoms with Gasteiger partial charge in [0, 0.05) is 20.0 Å². The molecule has 0 unspecified atom stereocenters. The predicted molar refractivity (Wildman–Crippen MR) is 69.1 cm³/mol. The van der Waals surface area contributed by atoms with E-state index in [1.807, 2.05) is 0 Å². The fraction of sp³-hybridized carbons (Fsp3) is 0.250. The number of urea groups is 1. The van der Waals surface area contributed by atoms with Gasteiger partial charge < -0.3 is 21.1 Å². The maximum absolute atomic E-state index is 13.5. The molecule has 0 saturated carbocycles. The third-order valence-corrected chi connectivity index (χ3v) is 2.38. The quantitative estimate of drug-likeness (QED) is 0.640.